The number of esters is 1. The van der Waals surface area contributed by atoms with E-state index in [1.807, 2.05) is 0 Å². The number of aryl methyl sites for hydroxylation is 1. The molecule has 8 fully saturated rings. The number of benzene rings is 1. The molecule has 2 saturated carbocycles. The first-order valence-electron chi connectivity index (χ1n) is 31.1. The monoisotopic (exact) mass is 1080 g/mol. The van der Waals surface area contributed by atoms with Crippen LogP contribution in [0.1, 0.15) is 141 Å². The normalized spacial score (nSPS) is 31.2. The SMILES string of the molecule is CCn1c(-c2cc(N3CCN4CCC[C@@H]4C3)cnc2C(C)C)c2c3cc(ccc31)C1=CCCN(C1)C[C@H](NC(=O)[C@H](C1CCCC1)N1CC[C@]3(CCN(C(=O)[C@@H]4N[C@@H]4C4CC4)C3)C1)C(=O)N1CCC[C@H](N1)C(=O)OCC(C)(C)C2. The van der Waals surface area contributed by atoms with Crippen LogP contribution in [0.15, 0.2) is 36.5 Å². The Labute approximate surface area is 468 Å². The van der Waals surface area contributed by atoms with Crippen molar-refractivity contribution in [3.05, 3.63) is 53.4 Å². The van der Waals surface area contributed by atoms with Crippen molar-refractivity contribution in [1.29, 1.82) is 0 Å². The number of cyclic esters (lactones) is 1. The Morgan fingerprint density at radius 2 is 1.72 bits per heavy atom. The van der Waals surface area contributed by atoms with Crippen LogP contribution in [0.25, 0.3) is 27.7 Å². The molecule has 16 heteroatoms. The Bertz CT molecular complexity index is 2870. The quantitative estimate of drug-likeness (QED) is 0.149. The van der Waals surface area contributed by atoms with Gasteiger partial charge in [-0.25, -0.2) is 5.43 Å². The van der Waals surface area contributed by atoms with E-state index >= 15 is 9.59 Å². The highest BCUT2D eigenvalue weighted by molar-refractivity contribution is 5.95. The van der Waals surface area contributed by atoms with Crippen molar-refractivity contribution in [1.82, 2.24) is 50.2 Å². The Morgan fingerprint density at radius 1 is 0.899 bits per heavy atom. The van der Waals surface area contributed by atoms with Gasteiger partial charge in [0.1, 0.15) is 18.1 Å². The van der Waals surface area contributed by atoms with Crippen LogP contribution in [0.2, 0.25) is 0 Å². The first-order valence-corrected chi connectivity index (χ1v) is 31.1. The van der Waals surface area contributed by atoms with E-state index in [0.29, 0.717) is 56.9 Å². The molecule has 3 amide bonds. The average Bonchev–Trinajstić information content (AvgIpc) is 4.33. The number of anilines is 1. The van der Waals surface area contributed by atoms with Crippen molar-refractivity contribution < 1.29 is 23.9 Å². The van der Waals surface area contributed by atoms with Crippen molar-refractivity contribution in [3.63, 3.8) is 0 Å². The molecule has 6 bridgehead atoms. The number of pyridine rings is 1. The number of carbonyl (C=O) groups is 4. The highest BCUT2D eigenvalue weighted by Gasteiger charge is 2.55. The Balaban J connectivity index is 0.811. The lowest BCUT2D eigenvalue weighted by atomic mass is 9.83. The summed E-state index contributed by atoms with van der Waals surface area (Å²) in [6.45, 7) is 21.8. The lowest BCUT2D eigenvalue weighted by molar-refractivity contribution is -0.155. The molecule has 13 rings (SSSR count). The van der Waals surface area contributed by atoms with Gasteiger partial charge in [0.15, 0.2) is 0 Å². The molecule has 2 aliphatic carbocycles. The van der Waals surface area contributed by atoms with Gasteiger partial charge in [0.2, 0.25) is 11.8 Å². The first kappa shape index (κ1) is 53.4. The van der Waals surface area contributed by atoms with E-state index in [1.54, 1.807) is 5.01 Å². The first-order chi connectivity index (χ1) is 38.2. The van der Waals surface area contributed by atoms with E-state index in [0.717, 1.165) is 115 Å². The number of rotatable bonds is 10. The maximum atomic E-state index is 15.3. The molecule has 3 N–H and O–H groups in total. The molecular formula is C63H89N11O5. The second-order valence-electron chi connectivity index (χ2n) is 27.2. The summed E-state index contributed by atoms with van der Waals surface area (Å²) in [6, 6.07) is 8.48. The second kappa shape index (κ2) is 21.5. The second-order valence-corrected chi connectivity index (χ2v) is 27.2. The van der Waals surface area contributed by atoms with Gasteiger partial charge in [0.05, 0.1) is 35.9 Å². The van der Waals surface area contributed by atoms with E-state index in [4.69, 9.17) is 9.72 Å². The number of likely N-dealkylation sites (tertiary alicyclic amines) is 2. The van der Waals surface area contributed by atoms with Gasteiger partial charge < -0.3 is 24.4 Å². The number of aromatic nitrogens is 2. The number of amides is 3. The number of hydrazine groups is 1. The van der Waals surface area contributed by atoms with Gasteiger partial charge in [0.25, 0.3) is 5.91 Å². The molecule has 8 atom stereocenters. The zero-order valence-corrected chi connectivity index (χ0v) is 48.1. The number of fused-ring (bicyclic) bond motifs is 7. The van der Waals surface area contributed by atoms with Crippen LogP contribution in [-0.4, -0.2) is 179 Å². The van der Waals surface area contributed by atoms with Crippen molar-refractivity contribution in [2.45, 2.75) is 173 Å². The third-order valence-electron chi connectivity index (χ3n) is 20.5. The fraction of sp³-hybridized carbons (Fsp3) is 0.698. The largest absolute Gasteiger partial charge is 0.464 e. The highest BCUT2D eigenvalue weighted by Crippen LogP contribution is 2.46. The number of nitrogens with zero attached hydrogens (tertiary/aromatic N) is 8. The van der Waals surface area contributed by atoms with Crippen molar-refractivity contribution in [2.75, 3.05) is 90.0 Å². The highest BCUT2D eigenvalue weighted by atomic mass is 16.5. The summed E-state index contributed by atoms with van der Waals surface area (Å²) in [4.78, 5) is 76.0. The van der Waals surface area contributed by atoms with Gasteiger partial charge >= 0.3 is 5.97 Å². The molecule has 10 aliphatic rings. The zero-order chi connectivity index (χ0) is 54.3. The van der Waals surface area contributed by atoms with Crippen LogP contribution < -0.4 is 21.0 Å². The van der Waals surface area contributed by atoms with Gasteiger partial charge in [0, 0.05) is 111 Å². The lowest BCUT2D eigenvalue weighted by Crippen LogP contribution is -2.63. The Kier molecular flexibility index (Phi) is 14.5. The Hall–Kier alpha value is -4.87. The summed E-state index contributed by atoms with van der Waals surface area (Å²) in [7, 11) is 0. The topological polar surface area (TPSA) is 161 Å². The number of hydrogen-bond acceptors (Lipinski definition) is 12. The molecule has 8 aliphatic heterocycles. The minimum atomic E-state index is -0.839. The van der Waals surface area contributed by atoms with Crippen LogP contribution in [0.3, 0.4) is 0 Å². The van der Waals surface area contributed by atoms with Gasteiger partial charge in [-0.05, 0) is 150 Å². The van der Waals surface area contributed by atoms with E-state index in [1.165, 1.54) is 71.2 Å². The lowest BCUT2D eigenvalue weighted by Gasteiger charge is -2.39. The molecular weight excluding hydrogens is 991 g/mol. The summed E-state index contributed by atoms with van der Waals surface area (Å²) in [5.74, 6) is 0.694. The number of carbonyl (C=O) groups excluding carboxylic acids is 4. The number of nitrogens with one attached hydrogen (secondary N) is 3. The Morgan fingerprint density at radius 3 is 2.53 bits per heavy atom. The van der Waals surface area contributed by atoms with Gasteiger partial charge in [-0.3, -0.25) is 49.2 Å². The third-order valence-corrected chi connectivity index (χ3v) is 20.5. The summed E-state index contributed by atoms with van der Waals surface area (Å²) < 4.78 is 8.85. The molecule has 3 aromatic rings. The van der Waals surface area contributed by atoms with Crippen LogP contribution in [-0.2, 0) is 36.9 Å². The molecule has 426 valence electrons. The minimum Gasteiger partial charge on any atom is -0.464 e. The van der Waals surface area contributed by atoms with Gasteiger partial charge in [-0.1, -0.05) is 52.7 Å². The van der Waals surface area contributed by atoms with Crippen LogP contribution in [0.4, 0.5) is 5.69 Å². The fourth-order valence-electron chi connectivity index (χ4n) is 16.1. The summed E-state index contributed by atoms with van der Waals surface area (Å²) in [5, 5.41) is 9.75. The summed E-state index contributed by atoms with van der Waals surface area (Å²) in [6.07, 6.45) is 18.3. The van der Waals surface area contributed by atoms with E-state index in [2.05, 4.69) is 116 Å². The third kappa shape index (κ3) is 10.6. The number of ether oxygens (including phenoxy) is 1. The zero-order valence-electron chi connectivity index (χ0n) is 48.1. The molecule has 2 aromatic heterocycles. The average molecular weight is 1080 g/mol. The predicted molar refractivity (Wildman–Crippen MR) is 308 cm³/mol. The minimum absolute atomic E-state index is 0.0159. The standard InChI is InChI=1S/C63H89N11O5/c1-6-73-52-20-19-43-30-47(52)49(57(73)48-31-46(33-64-53(48)40(2)3)70-29-28-69-24-10-15-45(69)35-70)32-62(4,5)39-79-61(78)50-16-11-25-74(67-50)59(76)51(36-68-23-9-14-44(43)34-68)65-58(75)56(42-12-7-8-13-42)71-26-21-63(37-71)22-27-72(38-63)60(77)55-54(66-55)41-17-18-41/h14,19-20,30-31,33,40-42,45,50-51,54-56,66-67H,6-13,15-18,21-29,32,34-39H2,1-5H3,(H,65,75)/t45-,50+,51+,54-,55-,56+,63+/m1/s1. The van der Waals surface area contributed by atoms with Crippen molar-refractivity contribution >= 4 is 45.9 Å². The maximum absolute atomic E-state index is 15.3. The van der Waals surface area contributed by atoms with Crippen molar-refractivity contribution in [2.24, 2.45) is 22.7 Å². The number of hydrogen-bond donors (Lipinski definition) is 3. The van der Waals surface area contributed by atoms with Crippen LogP contribution in [0.5, 0.6) is 0 Å². The summed E-state index contributed by atoms with van der Waals surface area (Å²) in [5.41, 5.74) is 12.4. The maximum Gasteiger partial charge on any atom is 0.324 e. The van der Waals surface area contributed by atoms with Crippen molar-refractivity contribution in [3.8, 4) is 11.3 Å². The predicted octanol–water partition coefficient (Wildman–Crippen LogP) is 6.56. The smallest absolute Gasteiger partial charge is 0.324 e. The molecule has 79 heavy (non-hydrogen) atoms. The molecule has 0 radical (unpaired) electrons. The number of piperazine rings is 1. The van der Waals surface area contributed by atoms with Gasteiger partial charge in [-0.15, -0.1) is 0 Å². The molecule has 10 heterocycles. The van der Waals surface area contributed by atoms with Gasteiger partial charge in [-0.2, -0.15) is 0 Å². The van der Waals surface area contributed by atoms with Crippen LogP contribution >= 0.6 is 0 Å². The van der Waals surface area contributed by atoms with E-state index in [9.17, 15) is 9.59 Å². The molecule has 16 nitrogen and oxygen atoms in total. The molecule has 1 spiro atoms. The fourth-order valence-corrected chi connectivity index (χ4v) is 16.1. The molecule has 6 saturated heterocycles. The van der Waals surface area contributed by atoms with E-state index < -0.39 is 17.5 Å². The van der Waals surface area contributed by atoms with E-state index in [-0.39, 0.29) is 59.6 Å². The van der Waals surface area contributed by atoms with Crippen LogP contribution in [0, 0.1) is 22.7 Å². The molecule has 1 unspecified atom stereocenters. The molecule has 1 aromatic carbocycles. The summed E-state index contributed by atoms with van der Waals surface area (Å²) >= 11 is 0.